The summed E-state index contributed by atoms with van der Waals surface area (Å²) in [5.41, 5.74) is -1.63. The fraction of sp³-hybridized carbons (Fsp3) is 0.500. The predicted octanol–water partition coefficient (Wildman–Crippen LogP) is 3.51. The number of carbonyl (C=O) groups is 2. The topological polar surface area (TPSA) is 63.6 Å². The van der Waals surface area contributed by atoms with Gasteiger partial charge in [0, 0.05) is 5.41 Å². The first kappa shape index (κ1) is 9.97. The summed E-state index contributed by atoms with van der Waals surface area (Å²) in [6, 6.07) is -2.78. The van der Waals surface area contributed by atoms with Crippen LogP contribution in [-0.4, -0.2) is 23.1 Å². The number of esters is 1. The molecule has 1 fully saturated rings. The summed E-state index contributed by atoms with van der Waals surface area (Å²) in [4.78, 5) is 24.0. The molecule has 1 N–H and O–H groups in total. The van der Waals surface area contributed by atoms with E-state index in [4.69, 9.17) is 10.2 Å². The summed E-state index contributed by atoms with van der Waals surface area (Å²) in [6.45, 7) is 3.92. The van der Waals surface area contributed by atoms with Gasteiger partial charge in [-0.25, -0.2) is 9.59 Å². The lowest BCUT2D eigenvalue weighted by Crippen LogP contribution is -2.37. The number of carboxylic acid groups (broad SMARTS) is 1. The Morgan fingerprint density at radius 3 is 2.55 bits per heavy atom. The molecule has 0 amide bonds. The third-order valence-corrected chi connectivity index (χ3v) is 3.76. The molecule has 1 saturated carbocycles. The Morgan fingerprint density at radius 2 is 1.95 bits per heavy atom. The van der Waals surface area contributed by atoms with Crippen molar-refractivity contribution >= 4 is 11.9 Å². The molecule has 1 aromatic carbocycles. The molecule has 0 radical (unpaired) electrons. The molecule has 0 saturated heterocycles. The Labute approximate surface area is 124 Å². The van der Waals surface area contributed by atoms with Crippen LogP contribution < -0.4 is 0 Å². The summed E-state index contributed by atoms with van der Waals surface area (Å²) in [5, 5.41) is 9.29. The van der Waals surface area contributed by atoms with Crippen LogP contribution in [0.2, 0.25) is 0 Å². The van der Waals surface area contributed by atoms with Crippen molar-refractivity contribution < 1.29 is 24.9 Å². The Balaban J connectivity index is 2.47. The number of ether oxygens (including phenoxy) is 1. The van der Waals surface area contributed by atoms with E-state index in [2.05, 4.69) is 0 Å². The molecule has 0 spiro atoms. The molecule has 4 heteroatoms. The number of carbonyl (C=O) groups excluding carboxylic acids is 1. The molecule has 1 unspecified atom stereocenters. The third-order valence-electron chi connectivity index (χ3n) is 3.76. The number of carboxylic acids is 1. The zero-order valence-corrected chi connectivity index (χ0v) is 11.6. The summed E-state index contributed by atoms with van der Waals surface area (Å²) < 4.78 is 36.3. The fourth-order valence-electron chi connectivity index (χ4n) is 2.49. The van der Waals surface area contributed by atoms with E-state index in [-0.39, 0.29) is 5.41 Å². The van der Waals surface area contributed by atoms with Crippen LogP contribution in [-0.2, 0) is 4.74 Å². The quantitative estimate of drug-likeness (QED) is 0.860. The molecular formula is C16H20O4. The fourth-order valence-corrected chi connectivity index (χ4v) is 2.49. The molecule has 4 nitrogen and oxygen atoms in total. The van der Waals surface area contributed by atoms with Crippen molar-refractivity contribution in [3.05, 3.63) is 35.3 Å². The van der Waals surface area contributed by atoms with E-state index in [1.54, 1.807) is 0 Å². The lowest BCUT2D eigenvalue weighted by molar-refractivity contribution is -0.0265. The van der Waals surface area contributed by atoms with Crippen molar-refractivity contribution in [3.8, 4) is 0 Å². The van der Waals surface area contributed by atoms with Gasteiger partial charge in [0.2, 0.25) is 0 Å². The molecule has 0 bridgehead atoms. The average molecular weight is 280 g/mol. The highest BCUT2D eigenvalue weighted by Gasteiger charge is 2.35. The third kappa shape index (κ3) is 3.00. The molecule has 108 valence electrons. The van der Waals surface area contributed by atoms with Crippen molar-refractivity contribution in [1.29, 1.82) is 0 Å². The molecule has 0 aromatic heterocycles. The van der Waals surface area contributed by atoms with Crippen molar-refractivity contribution in [2.45, 2.75) is 45.6 Å². The highest BCUT2D eigenvalue weighted by molar-refractivity contribution is 6.02. The van der Waals surface area contributed by atoms with Gasteiger partial charge in [-0.2, -0.15) is 0 Å². The standard InChI is InChI=1S/C16H20O4/c1-16(2)10-6-5-9-13(16)20-15(19)12-8-4-3-7-11(12)14(17)18/h3-4,7-8,13H,5-6,9-10H2,1-2H3,(H,17,18)/i3D,4D,7D,8D. The van der Waals surface area contributed by atoms with Gasteiger partial charge in [-0.05, 0) is 31.3 Å². The monoisotopic (exact) mass is 280 g/mol. The van der Waals surface area contributed by atoms with Gasteiger partial charge in [0.1, 0.15) is 6.10 Å². The lowest BCUT2D eigenvalue weighted by atomic mass is 9.75. The summed E-state index contributed by atoms with van der Waals surface area (Å²) >= 11 is 0. The number of benzene rings is 1. The molecule has 20 heavy (non-hydrogen) atoms. The van der Waals surface area contributed by atoms with E-state index in [0.717, 1.165) is 19.3 Å². The number of hydrogen-bond donors (Lipinski definition) is 1. The first-order valence-electron chi connectivity index (χ1n) is 8.62. The van der Waals surface area contributed by atoms with Crippen LogP contribution in [0.5, 0.6) is 0 Å². The molecular weight excluding hydrogens is 256 g/mol. The van der Waals surface area contributed by atoms with Crippen LogP contribution in [0.15, 0.2) is 24.2 Å². The molecule has 1 aliphatic rings. The van der Waals surface area contributed by atoms with Crippen LogP contribution in [0, 0.1) is 5.41 Å². The van der Waals surface area contributed by atoms with E-state index < -0.39 is 53.3 Å². The minimum Gasteiger partial charge on any atom is -0.478 e. The largest absolute Gasteiger partial charge is 0.478 e. The molecule has 1 atom stereocenters. The zero-order chi connectivity index (χ0) is 18.2. The minimum absolute atomic E-state index is 0.261. The number of rotatable bonds is 3. The van der Waals surface area contributed by atoms with Gasteiger partial charge >= 0.3 is 11.9 Å². The Hall–Kier alpha value is -1.84. The summed E-state index contributed by atoms with van der Waals surface area (Å²) in [5.74, 6) is -2.60. The van der Waals surface area contributed by atoms with E-state index >= 15 is 0 Å². The van der Waals surface area contributed by atoms with Gasteiger partial charge in [-0.3, -0.25) is 0 Å². The predicted molar refractivity (Wildman–Crippen MR) is 74.9 cm³/mol. The second-order valence-corrected chi connectivity index (χ2v) is 5.68. The van der Waals surface area contributed by atoms with Crippen LogP contribution in [0.4, 0.5) is 0 Å². The highest BCUT2D eigenvalue weighted by Crippen LogP contribution is 2.37. The van der Waals surface area contributed by atoms with E-state index in [9.17, 15) is 14.7 Å². The van der Waals surface area contributed by atoms with Gasteiger partial charge in [-0.15, -0.1) is 0 Å². The highest BCUT2D eigenvalue weighted by atomic mass is 16.5. The molecule has 2 rings (SSSR count). The maximum absolute atomic E-state index is 12.5. The van der Waals surface area contributed by atoms with Gasteiger partial charge in [0.05, 0.1) is 16.6 Å². The average Bonchev–Trinajstić information content (AvgIpc) is 2.50. The van der Waals surface area contributed by atoms with Crippen molar-refractivity contribution in [3.63, 3.8) is 0 Å². The van der Waals surface area contributed by atoms with Gasteiger partial charge < -0.3 is 9.84 Å². The molecule has 0 aliphatic heterocycles. The van der Waals surface area contributed by atoms with Crippen LogP contribution >= 0.6 is 0 Å². The van der Waals surface area contributed by atoms with Gasteiger partial charge in [0.25, 0.3) is 0 Å². The number of aromatic carboxylic acids is 1. The van der Waals surface area contributed by atoms with E-state index in [1.165, 1.54) is 0 Å². The van der Waals surface area contributed by atoms with Crippen LogP contribution in [0.1, 0.15) is 65.7 Å². The Kier molecular flexibility index (Phi) is 2.82. The SMILES string of the molecule is [2H]c1c([2H])c([2H])c(C(=O)OC2CCCCC2(C)C)c(C(=O)O)c1[2H]. The van der Waals surface area contributed by atoms with Crippen molar-refractivity contribution in [2.75, 3.05) is 0 Å². The second kappa shape index (κ2) is 5.65. The van der Waals surface area contributed by atoms with E-state index in [1.807, 2.05) is 13.8 Å². The first-order chi connectivity index (χ1) is 11.1. The summed E-state index contributed by atoms with van der Waals surface area (Å²) in [6.07, 6.45) is 3.00. The minimum atomic E-state index is -1.59. The van der Waals surface area contributed by atoms with Crippen LogP contribution in [0.25, 0.3) is 0 Å². The van der Waals surface area contributed by atoms with Gasteiger partial charge in [0.15, 0.2) is 0 Å². The molecule has 1 aromatic rings. The summed E-state index contributed by atoms with van der Waals surface area (Å²) in [7, 11) is 0. The molecule has 0 heterocycles. The second-order valence-electron chi connectivity index (χ2n) is 5.68. The normalized spacial score (nSPS) is 24.0. The molecule has 1 aliphatic carbocycles. The smallest absolute Gasteiger partial charge is 0.339 e. The van der Waals surface area contributed by atoms with E-state index in [0.29, 0.717) is 6.42 Å². The van der Waals surface area contributed by atoms with Crippen LogP contribution in [0.3, 0.4) is 0 Å². The maximum atomic E-state index is 12.5. The Morgan fingerprint density at radius 1 is 1.30 bits per heavy atom. The van der Waals surface area contributed by atoms with Crippen molar-refractivity contribution in [2.24, 2.45) is 5.41 Å². The maximum Gasteiger partial charge on any atom is 0.339 e. The first-order valence-corrected chi connectivity index (χ1v) is 6.62. The van der Waals surface area contributed by atoms with Crippen molar-refractivity contribution in [1.82, 2.24) is 0 Å². The Bertz CT molecular complexity index is 700. The zero-order valence-electron chi connectivity index (χ0n) is 15.6. The lowest BCUT2D eigenvalue weighted by Gasteiger charge is -2.37. The van der Waals surface area contributed by atoms with Gasteiger partial charge in [-0.1, -0.05) is 32.4 Å². The number of hydrogen-bond acceptors (Lipinski definition) is 3.